The van der Waals surface area contributed by atoms with Crippen molar-refractivity contribution in [2.24, 2.45) is 7.05 Å². The van der Waals surface area contributed by atoms with Gasteiger partial charge in [0.1, 0.15) is 3.70 Å². The van der Waals surface area contributed by atoms with Crippen LogP contribution in [0, 0.1) is 3.70 Å². The lowest BCUT2D eigenvalue weighted by molar-refractivity contribution is 0.0982. The van der Waals surface area contributed by atoms with Gasteiger partial charge < -0.3 is 0 Å². The van der Waals surface area contributed by atoms with Gasteiger partial charge in [0.25, 0.3) is 0 Å². The summed E-state index contributed by atoms with van der Waals surface area (Å²) in [6, 6.07) is 0. The number of halogens is 1. The van der Waals surface area contributed by atoms with Crippen molar-refractivity contribution in [3.8, 4) is 0 Å². The van der Waals surface area contributed by atoms with Crippen molar-refractivity contribution in [1.82, 2.24) is 15.0 Å². The highest BCUT2D eigenvalue weighted by Gasteiger charge is 2.13. The maximum atomic E-state index is 11.1. The molecule has 0 fully saturated rings. The van der Waals surface area contributed by atoms with E-state index in [1.165, 1.54) is 0 Å². The van der Waals surface area contributed by atoms with Crippen molar-refractivity contribution in [1.29, 1.82) is 0 Å². The monoisotopic (exact) mass is 265 g/mol. The fourth-order valence-corrected chi connectivity index (χ4v) is 1.19. The standard InChI is InChI=1S/C6H8IN3O/c1-3-4(11)5-6(7)10(2)9-8-5/h3H2,1-2H3. The second-order valence-corrected chi connectivity index (χ2v) is 3.15. The number of hydrogen-bond donors (Lipinski definition) is 0. The molecule has 1 aromatic heterocycles. The first kappa shape index (κ1) is 8.63. The second-order valence-electron chi connectivity index (χ2n) is 2.13. The number of rotatable bonds is 2. The molecule has 0 aliphatic rings. The van der Waals surface area contributed by atoms with E-state index in [9.17, 15) is 4.79 Å². The summed E-state index contributed by atoms with van der Waals surface area (Å²) in [7, 11) is 1.77. The third kappa shape index (κ3) is 1.58. The zero-order valence-corrected chi connectivity index (χ0v) is 8.49. The summed E-state index contributed by atoms with van der Waals surface area (Å²) in [6.07, 6.45) is 0.481. The van der Waals surface area contributed by atoms with Crippen LogP contribution in [0.3, 0.4) is 0 Å². The SMILES string of the molecule is CCC(=O)c1nnn(C)c1I. The Labute approximate surface area is 78.1 Å². The molecule has 0 N–H and O–H groups in total. The quantitative estimate of drug-likeness (QED) is 0.592. The van der Waals surface area contributed by atoms with Crippen molar-refractivity contribution >= 4 is 28.4 Å². The van der Waals surface area contributed by atoms with Crippen molar-refractivity contribution < 1.29 is 4.79 Å². The molecule has 1 rings (SSSR count). The topological polar surface area (TPSA) is 47.8 Å². The average molecular weight is 265 g/mol. The molecule has 0 radical (unpaired) electrons. The van der Waals surface area contributed by atoms with Crippen LogP contribution in [0.25, 0.3) is 0 Å². The van der Waals surface area contributed by atoms with E-state index in [1.807, 2.05) is 6.92 Å². The molecule has 0 amide bonds. The van der Waals surface area contributed by atoms with Crippen LogP contribution in [-0.2, 0) is 7.05 Å². The molecule has 1 heterocycles. The van der Waals surface area contributed by atoms with Crippen molar-refractivity contribution in [2.45, 2.75) is 13.3 Å². The van der Waals surface area contributed by atoms with Crippen LogP contribution in [0.2, 0.25) is 0 Å². The van der Waals surface area contributed by atoms with Gasteiger partial charge in [0.2, 0.25) is 0 Å². The Bertz CT molecular complexity index is 281. The number of carbonyl (C=O) groups is 1. The van der Waals surface area contributed by atoms with Gasteiger partial charge in [0.05, 0.1) is 0 Å². The molecule has 60 valence electrons. The number of carbonyl (C=O) groups excluding carboxylic acids is 1. The second kappa shape index (κ2) is 3.29. The third-order valence-corrected chi connectivity index (χ3v) is 2.55. The zero-order chi connectivity index (χ0) is 8.43. The molecule has 0 bridgehead atoms. The molecular weight excluding hydrogens is 257 g/mol. The average Bonchev–Trinajstić information content (AvgIpc) is 2.32. The number of nitrogens with zero attached hydrogens (tertiary/aromatic N) is 3. The summed E-state index contributed by atoms with van der Waals surface area (Å²) in [5, 5.41) is 7.47. The van der Waals surface area contributed by atoms with Gasteiger partial charge in [-0.2, -0.15) is 0 Å². The highest BCUT2D eigenvalue weighted by molar-refractivity contribution is 14.1. The van der Waals surface area contributed by atoms with Crippen molar-refractivity contribution in [2.75, 3.05) is 0 Å². The number of aryl methyl sites for hydroxylation is 1. The van der Waals surface area contributed by atoms with Gasteiger partial charge in [-0.05, 0) is 22.6 Å². The molecule has 0 saturated heterocycles. The Hall–Kier alpha value is -0.460. The minimum absolute atomic E-state index is 0.0440. The Morgan fingerprint density at radius 1 is 1.73 bits per heavy atom. The molecule has 0 saturated carbocycles. The molecule has 0 atom stereocenters. The Balaban J connectivity index is 3.04. The largest absolute Gasteiger partial charge is 0.292 e. The van der Waals surface area contributed by atoms with Crippen LogP contribution in [0.4, 0.5) is 0 Å². The van der Waals surface area contributed by atoms with Crippen LogP contribution >= 0.6 is 22.6 Å². The lowest BCUT2D eigenvalue weighted by atomic mass is 10.2. The maximum Gasteiger partial charge on any atom is 0.185 e. The van der Waals surface area contributed by atoms with Gasteiger partial charge in [0.15, 0.2) is 11.5 Å². The summed E-state index contributed by atoms with van der Waals surface area (Å²) in [4.78, 5) is 11.1. The molecule has 5 heteroatoms. The van der Waals surface area contributed by atoms with E-state index in [2.05, 4.69) is 32.9 Å². The first-order chi connectivity index (χ1) is 5.16. The van der Waals surface area contributed by atoms with Crippen molar-refractivity contribution in [3.63, 3.8) is 0 Å². The van der Waals surface area contributed by atoms with E-state index in [-0.39, 0.29) is 5.78 Å². The van der Waals surface area contributed by atoms with E-state index in [0.717, 1.165) is 3.70 Å². The van der Waals surface area contributed by atoms with Gasteiger partial charge in [-0.1, -0.05) is 12.1 Å². The summed E-state index contributed by atoms with van der Waals surface area (Å²) in [5.41, 5.74) is 0.482. The highest BCUT2D eigenvalue weighted by Crippen LogP contribution is 2.08. The van der Waals surface area contributed by atoms with E-state index >= 15 is 0 Å². The summed E-state index contributed by atoms with van der Waals surface area (Å²) >= 11 is 2.06. The normalized spacial score (nSPS) is 10.1. The Kier molecular flexibility index (Phi) is 2.58. The Morgan fingerprint density at radius 3 is 2.73 bits per heavy atom. The van der Waals surface area contributed by atoms with Gasteiger partial charge in [-0.15, -0.1) is 5.10 Å². The number of aromatic nitrogens is 3. The fourth-order valence-electron chi connectivity index (χ4n) is 0.684. The predicted molar refractivity (Wildman–Crippen MR) is 48.3 cm³/mol. The van der Waals surface area contributed by atoms with E-state index in [1.54, 1.807) is 11.7 Å². The number of Topliss-reactive ketones (excluding diaryl/α,β-unsaturated/α-hetero) is 1. The third-order valence-electron chi connectivity index (χ3n) is 1.34. The van der Waals surface area contributed by atoms with Crippen LogP contribution in [0.15, 0.2) is 0 Å². The zero-order valence-electron chi connectivity index (χ0n) is 6.33. The molecule has 11 heavy (non-hydrogen) atoms. The molecule has 0 aliphatic carbocycles. The maximum absolute atomic E-state index is 11.1. The van der Waals surface area contributed by atoms with E-state index in [4.69, 9.17) is 0 Å². The Morgan fingerprint density at radius 2 is 2.36 bits per heavy atom. The minimum Gasteiger partial charge on any atom is -0.292 e. The molecule has 1 aromatic rings. The first-order valence-corrected chi connectivity index (χ1v) is 4.33. The van der Waals surface area contributed by atoms with Gasteiger partial charge >= 0.3 is 0 Å². The summed E-state index contributed by atoms with van der Waals surface area (Å²) in [6.45, 7) is 1.81. The molecule has 0 aliphatic heterocycles. The minimum atomic E-state index is 0.0440. The van der Waals surface area contributed by atoms with Gasteiger partial charge in [-0.25, -0.2) is 4.68 Å². The smallest absolute Gasteiger partial charge is 0.185 e. The van der Waals surface area contributed by atoms with Gasteiger partial charge in [0, 0.05) is 13.5 Å². The lowest BCUT2D eigenvalue weighted by Crippen LogP contribution is -2.00. The van der Waals surface area contributed by atoms with Crippen LogP contribution < -0.4 is 0 Å². The van der Waals surface area contributed by atoms with Crippen molar-refractivity contribution in [3.05, 3.63) is 9.39 Å². The van der Waals surface area contributed by atoms with Crippen LogP contribution in [0.5, 0.6) is 0 Å². The van der Waals surface area contributed by atoms with Crippen LogP contribution in [-0.4, -0.2) is 20.8 Å². The first-order valence-electron chi connectivity index (χ1n) is 3.25. The van der Waals surface area contributed by atoms with E-state index in [0.29, 0.717) is 12.1 Å². The number of ketones is 1. The van der Waals surface area contributed by atoms with Gasteiger partial charge in [-0.3, -0.25) is 4.79 Å². The summed E-state index contributed by atoms with van der Waals surface area (Å²) in [5.74, 6) is 0.0440. The molecule has 0 aromatic carbocycles. The predicted octanol–water partition coefficient (Wildman–Crippen LogP) is 1.01. The van der Waals surface area contributed by atoms with E-state index < -0.39 is 0 Å². The molecule has 4 nitrogen and oxygen atoms in total. The molecule has 0 spiro atoms. The highest BCUT2D eigenvalue weighted by atomic mass is 127. The summed E-state index contributed by atoms with van der Waals surface area (Å²) < 4.78 is 2.39. The molecular formula is C6H8IN3O. The fraction of sp³-hybridized carbons (Fsp3) is 0.500. The lowest BCUT2D eigenvalue weighted by Gasteiger charge is -1.91. The molecule has 0 unspecified atom stereocenters. The number of hydrogen-bond acceptors (Lipinski definition) is 3. The van der Waals surface area contributed by atoms with Crippen LogP contribution in [0.1, 0.15) is 23.8 Å².